The maximum atomic E-state index is 13.4. The van der Waals surface area contributed by atoms with Crippen molar-refractivity contribution in [3.8, 4) is 0 Å². The van der Waals surface area contributed by atoms with Crippen molar-refractivity contribution in [3.63, 3.8) is 0 Å². The molecular formula is C30H40N2O4S. The first-order valence-corrected chi connectivity index (χ1v) is 15.1. The Hall–Kier alpha value is -2.76. The molecule has 1 heterocycles. The van der Waals surface area contributed by atoms with Gasteiger partial charge in [-0.1, -0.05) is 57.9 Å². The number of sulfonamides is 1. The number of carbonyl (C=O) groups is 1. The second-order valence-corrected chi connectivity index (χ2v) is 12.4. The normalized spacial score (nSPS) is 21.1. The summed E-state index contributed by atoms with van der Waals surface area (Å²) in [6.07, 6.45) is 11.6. The number of nitrogens with one attached hydrogen (secondary N) is 2. The van der Waals surface area contributed by atoms with Crippen LogP contribution in [-0.4, -0.2) is 21.1 Å². The zero-order valence-electron chi connectivity index (χ0n) is 22.3. The molecule has 1 aliphatic heterocycles. The molecule has 200 valence electrons. The Kier molecular flexibility index (Phi) is 8.66. The number of fused-ring (bicyclic) bond motifs is 2. The van der Waals surface area contributed by atoms with Gasteiger partial charge in [0.25, 0.3) is 10.0 Å². The van der Waals surface area contributed by atoms with Crippen LogP contribution in [-0.2, 0) is 40.4 Å². The van der Waals surface area contributed by atoms with Crippen LogP contribution >= 0.6 is 0 Å². The largest absolute Gasteiger partial charge is 0.496 e. The van der Waals surface area contributed by atoms with Crippen molar-refractivity contribution < 1.29 is 17.9 Å². The number of amides is 2. The summed E-state index contributed by atoms with van der Waals surface area (Å²) < 4.78 is 35.2. The first-order valence-electron chi connectivity index (χ1n) is 13.6. The molecule has 4 rings (SSSR count). The van der Waals surface area contributed by atoms with Crippen molar-refractivity contribution in [1.82, 2.24) is 4.72 Å². The average molecular weight is 525 g/mol. The zero-order chi connectivity index (χ0) is 26.6. The molecule has 2 N–H and O–H groups in total. The Morgan fingerprint density at radius 3 is 2.51 bits per heavy atom. The van der Waals surface area contributed by atoms with Crippen LogP contribution in [0.2, 0.25) is 0 Å². The van der Waals surface area contributed by atoms with Crippen LogP contribution in [0.15, 0.2) is 47.3 Å². The second-order valence-electron chi connectivity index (χ2n) is 10.8. The summed E-state index contributed by atoms with van der Waals surface area (Å²) in [4.78, 5) is 12.9. The van der Waals surface area contributed by atoms with Crippen LogP contribution < -0.4 is 10.0 Å². The van der Waals surface area contributed by atoms with E-state index >= 15 is 0 Å². The first-order chi connectivity index (χ1) is 17.7. The van der Waals surface area contributed by atoms with Gasteiger partial charge in [-0.15, -0.1) is 5.73 Å². The number of rotatable bonds is 8. The van der Waals surface area contributed by atoms with Gasteiger partial charge >= 0.3 is 6.03 Å². The maximum Gasteiger partial charge on any atom is 0.333 e. The number of ether oxygens (including phenoxy) is 1. The average Bonchev–Trinajstić information content (AvgIpc) is 3.47. The number of benzene rings is 1. The van der Waals surface area contributed by atoms with Gasteiger partial charge in [-0.2, -0.15) is 0 Å². The Balaban J connectivity index is 1.55. The van der Waals surface area contributed by atoms with Gasteiger partial charge in [0.15, 0.2) is 0 Å². The molecule has 7 heteroatoms. The third-order valence-electron chi connectivity index (χ3n) is 7.99. The molecule has 2 amide bonds. The van der Waals surface area contributed by atoms with Crippen LogP contribution in [0.5, 0.6) is 0 Å². The summed E-state index contributed by atoms with van der Waals surface area (Å²) >= 11 is 0. The topological polar surface area (TPSA) is 84.5 Å². The maximum absolute atomic E-state index is 13.4. The Labute approximate surface area is 222 Å². The van der Waals surface area contributed by atoms with Gasteiger partial charge in [-0.3, -0.25) is 0 Å². The molecule has 2 atom stereocenters. The van der Waals surface area contributed by atoms with Crippen molar-refractivity contribution >= 4 is 21.7 Å². The molecule has 6 nitrogen and oxygen atoms in total. The van der Waals surface area contributed by atoms with E-state index in [1.54, 1.807) is 0 Å². The zero-order valence-corrected chi connectivity index (χ0v) is 23.1. The third kappa shape index (κ3) is 6.22. The van der Waals surface area contributed by atoms with Crippen LogP contribution in [0.25, 0.3) is 0 Å². The van der Waals surface area contributed by atoms with Crippen molar-refractivity contribution in [1.29, 1.82) is 0 Å². The minimum atomic E-state index is -4.23. The number of carbonyl (C=O) groups excluding carboxylic acids is 1. The van der Waals surface area contributed by atoms with Crippen LogP contribution in [0.4, 0.5) is 10.5 Å². The number of hydrogen-bond acceptors (Lipinski definition) is 4. The molecule has 1 fully saturated rings. The standard InChI is InChI=1S/C30H40N2O4S/c1-5-7-11-21(4)24-16-20(3)17-27(36-19-24)28(10-6-2)37(34,35)32-30(33)31-29-25-14-8-12-22(25)18-23-13-9-15-26(23)29/h10,18,21,24H,2-3,5,7-9,11-17,19H2,1,4H3,(H2,31,32,33)/b28-27-. The molecule has 1 aromatic rings. The monoisotopic (exact) mass is 524 g/mol. The Bertz CT molecular complexity index is 1220. The van der Waals surface area contributed by atoms with E-state index in [-0.39, 0.29) is 16.6 Å². The van der Waals surface area contributed by atoms with Gasteiger partial charge in [0.05, 0.1) is 6.61 Å². The number of unbranched alkanes of at least 4 members (excludes halogenated alkanes) is 1. The van der Waals surface area contributed by atoms with Gasteiger partial charge in [0.2, 0.25) is 0 Å². The lowest BCUT2D eigenvalue weighted by atomic mass is 9.85. The predicted molar refractivity (Wildman–Crippen MR) is 149 cm³/mol. The molecular weight excluding hydrogens is 484 g/mol. The van der Waals surface area contributed by atoms with Crippen molar-refractivity contribution in [2.45, 2.75) is 84.5 Å². The summed E-state index contributed by atoms with van der Waals surface area (Å²) in [5.41, 5.74) is 9.11. The number of anilines is 1. The van der Waals surface area contributed by atoms with E-state index in [9.17, 15) is 13.2 Å². The summed E-state index contributed by atoms with van der Waals surface area (Å²) in [5.74, 6) is 1.00. The highest BCUT2D eigenvalue weighted by atomic mass is 32.2. The number of allylic oxidation sites excluding steroid dienone is 2. The Morgan fingerprint density at radius 1 is 1.22 bits per heavy atom. The van der Waals surface area contributed by atoms with Gasteiger partial charge < -0.3 is 10.1 Å². The molecule has 3 aliphatic rings. The van der Waals surface area contributed by atoms with E-state index in [2.05, 4.69) is 48.8 Å². The van der Waals surface area contributed by atoms with E-state index in [0.29, 0.717) is 18.9 Å². The second kappa shape index (κ2) is 11.7. The van der Waals surface area contributed by atoms with Crippen LogP contribution in [0.1, 0.15) is 81.0 Å². The first kappa shape index (κ1) is 27.3. The lowest BCUT2D eigenvalue weighted by Gasteiger charge is -2.22. The van der Waals surface area contributed by atoms with Gasteiger partial charge in [0, 0.05) is 18.2 Å². The fraction of sp³-hybridized carbons (Fsp3) is 0.533. The highest BCUT2D eigenvalue weighted by molar-refractivity contribution is 7.94. The highest BCUT2D eigenvalue weighted by Crippen LogP contribution is 2.39. The Morgan fingerprint density at radius 2 is 1.89 bits per heavy atom. The fourth-order valence-electron chi connectivity index (χ4n) is 5.96. The molecule has 0 bridgehead atoms. The molecule has 37 heavy (non-hydrogen) atoms. The van der Waals surface area contributed by atoms with Gasteiger partial charge in [-0.05, 0) is 79.0 Å². The lowest BCUT2D eigenvalue weighted by Crippen LogP contribution is -2.36. The number of hydrogen-bond donors (Lipinski definition) is 2. The van der Waals surface area contributed by atoms with Crippen molar-refractivity contribution in [2.24, 2.45) is 11.8 Å². The van der Waals surface area contributed by atoms with E-state index in [4.69, 9.17) is 4.74 Å². The van der Waals surface area contributed by atoms with Gasteiger partial charge in [-0.25, -0.2) is 17.9 Å². The molecule has 0 aromatic heterocycles. The number of urea groups is 1. The van der Waals surface area contributed by atoms with E-state index in [0.717, 1.165) is 86.6 Å². The predicted octanol–water partition coefficient (Wildman–Crippen LogP) is 6.48. The van der Waals surface area contributed by atoms with Crippen LogP contribution in [0, 0.1) is 11.8 Å². The molecule has 1 aromatic carbocycles. The van der Waals surface area contributed by atoms with Crippen LogP contribution in [0.3, 0.4) is 0 Å². The summed E-state index contributed by atoms with van der Waals surface area (Å²) in [6.45, 7) is 12.6. The molecule has 0 spiro atoms. The quantitative estimate of drug-likeness (QED) is 0.301. The summed E-state index contributed by atoms with van der Waals surface area (Å²) in [5, 5.41) is 2.90. The van der Waals surface area contributed by atoms with Crippen molar-refractivity contribution in [3.05, 3.63) is 69.5 Å². The SMILES string of the molecule is C=C=C/C(=C1\CC(=C)CC(C(C)CCCC)CO1)S(=O)(=O)NC(=O)Nc1c2c(cc3c1CCC3)CCC2. The molecule has 2 unspecified atom stereocenters. The van der Waals surface area contributed by atoms with E-state index in [1.165, 1.54) is 17.2 Å². The third-order valence-corrected chi connectivity index (χ3v) is 9.37. The highest BCUT2D eigenvalue weighted by Gasteiger charge is 2.30. The minimum absolute atomic E-state index is 0.121. The summed E-state index contributed by atoms with van der Waals surface area (Å²) in [6, 6.07) is 1.51. The fourth-order valence-corrected chi connectivity index (χ4v) is 7.03. The van der Waals surface area contributed by atoms with E-state index < -0.39 is 16.1 Å². The van der Waals surface area contributed by atoms with Gasteiger partial charge in [0.1, 0.15) is 10.7 Å². The molecule has 0 saturated carbocycles. The molecule has 0 radical (unpaired) electrons. The smallest absolute Gasteiger partial charge is 0.333 e. The minimum Gasteiger partial charge on any atom is -0.496 e. The lowest BCUT2D eigenvalue weighted by molar-refractivity contribution is 0.140. The molecule has 2 aliphatic carbocycles. The van der Waals surface area contributed by atoms with Crippen molar-refractivity contribution in [2.75, 3.05) is 11.9 Å². The number of aryl methyl sites for hydroxylation is 2. The molecule has 1 saturated heterocycles. The van der Waals surface area contributed by atoms with E-state index in [1.807, 2.05) is 0 Å². The summed E-state index contributed by atoms with van der Waals surface area (Å²) in [7, 11) is -4.23.